The number of nitriles is 1. The Morgan fingerprint density at radius 3 is 2.40 bits per heavy atom. The lowest BCUT2D eigenvalue weighted by atomic mass is 10.1. The largest absolute Gasteiger partial charge is 0.298 e. The number of nitrogens with one attached hydrogen (secondary N) is 1. The lowest BCUT2D eigenvalue weighted by molar-refractivity contribution is 0.471. The van der Waals surface area contributed by atoms with Crippen LogP contribution in [0.4, 0.5) is 4.39 Å². The number of halogens is 1. The fourth-order valence-electron chi connectivity index (χ4n) is 1.26. The van der Waals surface area contributed by atoms with Crippen LogP contribution in [-0.4, -0.2) is 6.04 Å². The minimum atomic E-state index is -0.237. The van der Waals surface area contributed by atoms with Gasteiger partial charge in [-0.1, -0.05) is 26.0 Å². The van der Waals surface area contributed by atoms with Gasteiger partial charge in [0.1, 0.15) is 5.82 Å². The molecule has 0 fully saturated rings. The number of rotatable bonds is 4. The zero-order valence-corrected chi connectivity index (χ0v) is 9.00. The molecular weight excluding hydrogens is 191 g/mol. The number of hydrogen-bond donors (Lipinski definition) is 1. The molecule has 0 aliphatic carbocycles. The molecule has 1 atom stereocenters. The lowest BCUT2D eigenvalue weighted by Gasteiger charge is -2.14. The van der Waals surface area contributed by atoms with Crippen molar-refractivity contribution in [3.05, 3.63) is 35.6 Å². The molecule has 1 aromatic rings. The second kappa shape index (κ2) is 5.47. The standard InChI is InChI=1S/C12H15FN2/c1-9(2)12(7-14)15-8-10-3-5-11(13)6-4-10/h3-6,9,12,15H,8H2,1-2H3. The first kappa shape index (κ1) is 11.7. The summed E-state index contributed by atoms with van der Waals surface area (Å²) in [5.74, 6) is 0.0369. The van der Waals surface area contributed by atoms with Crippen LogP contribution < -0.4 is 5.32 Å². The van der Waals surface area contributed by atoms with Gasteiger partial charge in [0.25, 0.3) is 0 Å². The van der Waals surface area contributed by atoms with Gasteiger partial charge in [0, 0.05) is 6.54 Å². The van der Waals surface area contributed by atoms with Gasteiger partial charge < -0.3 is 0 Å². The van der Waals surface area contributed by atoms with Gasteiger partial charge in [-0.15, -0.1) is 0 Å². The SMILES string of the molecule is CC(C)C(C#N)NCc1ccc(F)cc1. The third-order valence-corrected chi connectivity index (χ3v) is 2.25. The second-order valence-electron chi connectivity index (χ2n) is 3.86. The Labute approximate surface area is 89.7 Å². The van der Waals surface area contributed by atoms with Crippen LogP contribution in [0.1, 0.15) is 19.4 Å². The van der Waals surface area contributed by atoms with Crippen LogP contribution in [0, 0.1) is 23.1 Å². The molecule has 15 heavy (non-hydrogen) atoms. The summed E-state index contributed by atoms with van der Waals surface area (Å²) in [6.07, 6.45) is 0. The Kier molecular flexibility index (Phi) is 4.26. The van der Waals surface area contributed by atoms with Gasteiger partial charge in [-0.2, -0.15) is 5.26 Å². The van der Waals surface area contributed by atoms with E-state index in [1.165, 1.54) is 12.1 Å². The van der Waals surface area contributed by atoms with E-state index in [0.29, 0.717) is 6.54 Å². The molecule has 3 heteroatoms. The molecule has 0 spiro atoms. The summed E-state index contributed by atoms with van der Waals surface area (Å²) in [4.78, 5) is 0. The maximum atomic E-state index is 12.6. The zero-order valence-electron chi connectivity index (χ0n) is 9.00. The Bertz CT molecular complexity index is 338. The molecule has 0 radical (unpaired) electrons. The molecule has 1 unspecified atom stereocenters. The first-order chi connectivity index (χ1) is 7.13. The van der Waals surface area contributed by atoms with E-state index >= 15 is 0 Å². The van der Waals surface area contributed by atoms with Crippen molar-refractivity contribution in [1.29, 1.82) is 5.26 Å². The first-order valence-electron chi connectivity index (χ1n) is 5.01. The third-order valence-electron chi connectivity index (χ3n) is 2.25. The van der Waals surface area contributed by atoms with Crippen molar-refractivity contribution in [2.75, 3.05) is 0 Å². The summed E-state index contributed by atoms with van der Waals surface area (Å²) >= 11 is 0. The summed E-state index contributed by atoms with van der Waals surface area (Å²) in [7, 11) is 0. The third kappa shape index (κ3) is 3.69. The van der Waals surface area contributed by atoms with Gasteiger partial charge in [-0.3, -0.25) is 5.32 Å². The summed E-state index contributed by atoms with van der Waals surface area (Å²) in [5.41, 5.74) is 0.984. The molecule has 0 aromatic heterocycles. The van der Waals surface area contributed by atoms with Crippen LogP contribution in [0.15, 0.2) is 24.3 Å². The molecule has 2 nitrogen and oxygen atoms in total. The molecule has 0 bridgehead atoms. The van der Waals surface area contributed by atoms with E-state index in [-0.39, 0.29) is 17.8 Å². The van der Waals surface area contributed by atoms with Gasteiger partial charge >= 0.3 is 0 Å². The van der Waals surface area contributed by atoms with E-state index in [1.807, 2.05) is 13.8 Å². The molecule has 0 amide bonds. The van der Waals surface area contributed by atoms with E-state index in [9.17, 15) is 4.39 Å². The monoisotopic (exact) mass is 206 g/mol. The topological polar surface area (TPSA) is 35.8 Å². The highest BCUT2D eigenvalue weighted by molar-refractivity contribution is 5.16. The van der Waals surface area contributed by atoms with Gasteiger partial charge in [0.2, 0.25) is 0 Å². The van der Waals surface area contributed by atoms with Crippen molar-refractivity contribution >= 4 is 0 Å². The molecule has 1 rings (SSSR count). The van der Waals surface area contributed by atoms with Gasteiger partial charge in [-0.05, 0) is 23.6 Å². The summed E-state index contributed by atoms with van der Waals surface area (Å²) in [5, 5.41) is 12.0. The lowest BCUT2D eigenvalue weighted by Crippen LogP contribution is -2.31. The second-order valence-corrected chi connectivity index (χ2v) is 3.86. The quantitative estimate of drug-likeness (QED) is 0.821. The maximum absolute atomic E-state index is 12.6. The van der Waals surface area contributed by atoms with Crippen molar-refractivity contribution < 1.29 is 4.39 Å². The highest BCUT2D eigenvalue weighted by Crippen LogP contribution is 2.05. The van der Waals surface area contributed by atoms with Crippen LogP contribution in [0.3, 0.4) is 0 Å². The van der Waals surface area contributed by atoms with Crippen molar-refractivity contribution in [2.24, 2.45) is 5.92 Å². The summed E-state index contributed by atoms with van der Waals surface area (Å²) < 4.78 is 12.6. The Morgan fingerprint density at radius 2 is 1.93 bits per heavy atom. The Balaban J connectivity index is 2.50. The predicted molar refractivity (Wildman–Crippen MR) is 57.5 cm³/mol. The van der Waals surface area contributed by atoms with Gasteiger partial charge in [0.05, 0.1) is 12.1 Å². The molecule has 0 saturated carbocycles. The van der Waals surface area contributed by atoms with Crippen molar-refractivity contribution in [3.8, 4) is 6.07 Å². The van der Waals surface area contributed by atoms with E-state index in [0.717, 1.165) is 5.56 Å². The molecule has 0 aliphatic heterocycles. The van der Waals surface area contributed by atoms with Crippen LogP contribution in [0.25, 0.3) is 0 Å². The number of nitrogens with zero attached hydrogens (tertiary/aromatic N) is 1. The van der Waals surface area contributed by atoms with Gasteiger partial charge in [-0.25, -0.2) is 4.39 Å². The average molecular weight is 206 g/mol. The summed E-state index contributed by atoms with van der Waals surface area (Å²) in [6, 6.07) is 8.33. The highest BCUT2D eigenvalue weighted by atomic mass is 19.1. The molecule has 80 valence electrons. The summed E-state index contributed by atoms with van der Waals surface area (Å²) in [6.45, 7) is 4.58. The predicted octanol–water partition coefficient (Wildman–Crippen LogP) is 2.46. The van der Waals surface area contributed by atoms with E-state index in [1.54, 1.807) is 12.1 Å². The average Bonchev–Trinajstić information content (AvgIpc) is 2.21. The normalized spacial score (nSPS) is 12.5. The molecular formula is C12H15FN2. The van der Waals surface area contributed by atoms with Crippen LogP contribution in [-0.2, 0) is 6.54 Å². The minimum absolute atomic E-state index is 0.157. The minimum Gasteiger partial charge on any atom is -0.298 e. The zero-order chi connectivity index (χ0) is 11.3. The van der Waals surface area contributed by atoms with Crippen LogP contribution in [0.2, 0.25) is 0 Å². The van der Waals surface area contributed by atoms with Crippen molar-refractivity contribution in [1.82, 2.24) is 5.32 Å². The van der Waals surface area contributed by atoms with Crippen molar-refractivity contribution in [3.63, 3.8) is 0 Å². The molecule has 1 N–H and O–H groups in total. The Hall–Kier alpha value is -1.40. The fraction of sp³-hybridized carbons (Fsp3) is 0.417. The van der Waals surface area contributed by atoms with E-state index in [2.05, 4.69) is 11.4 Å². The fourth-order valence-corrected chi connectivity index (χ4v) is 1.26. The van der Waals surface area contributed by atoms with Gasteiger partial charge in [0.15, 0.2) is 0 Å². The van der Waals surface area contributed by atoms with E-state index in [4.69, 9.17) is 5.26 Å². The smallest absolute Gasteiger partial charge is 0.123 e. The first-order valence-corrected chi connectivity index (χ1v) is 5.01. The number of hydrogen-bond acceptors (Lipinski definition) is 2. The van der Waals surface area contributed by atoms with Crippen LogP contribution in [0.5, 0.6) is 0 Å². The number of benzene rings is 1. The molecule has 1 aromatic carbocycles. The highest BCUT2D eigenvalue weighted by Gasteiger charge is 2.10. The molecule has 0 saturated heterocycles. The molecule has 0 heterocycles. The molecule has 0 aliphatic rings. The Morgan fingerprint density at radius 1 is 1.33 bits per heavy atom. The maximum Gasteiger partial charge on any atom is 0.123 e. The van der Waals surface area contributed by atoms with Crippen molar-refractivity contribution in [2.45, 2.75) is 26.4 Å². The van der Waals surface area contributed by atoms with E-state index < -0.39 is 0 Å². The van der Waals surface area contributed by atoms with Crippen LogP contribution >= 0.6 is 0 Å².